The fourth-order valence-corrected chi connectivity index (χ4v) is 4.46. The number of fused-ring (bicyclic) bond motifs is 1. The summed E-state index contributed by atoms with van der Waals surface area (Å²) in [7, 11) is -2.00. The van der Waals surface area contributed by atoms with Crippen LogP contribution >= 0.6 is 0 Å². The maximum Gasteiger partial charge on any atom is 0.241 e. The quantitative estimate of drug-likeness (QED) is 0.923. The van der Waals surface area contributed by atoms with Crippen molar-refractivity contribution < 1.29 is 17.9 Å². The maximum atomic E-state index is 12.7. The minimum Gasteiger partial charge on any atom is -0.493 e. The van der Waals surface area contributed by atoms with Gasteiger partial charge in [0.1, 0.15) is 6.61 Å². The molecule has 0 saturated heterocycles. The molecule has 2 aromatic rings. The van der Waals surface area contributed by atoms with Gasteiger partial charge >= 0.3 is 0 Å². The second-order valence-corrected chi connectivity index (χ2v) is 7.73. The molecule has 128 valence electrons. The van der Waals surface area contributed by atoms with Crippen LogP contribution in [0, 0.1) is 13.8 Å². The Labute approximate surface area is 142 Å². The van der Waals surface area contributed by atoms with Gasteiger partial charge in [-0.25, -0.2) is 13.1 Å². The van der Waals surface area contributed by atoms with E-state index in [2.05, 4.69) is 4.72 Å². The number of ether oxygens (including phenoxy) is 2. The van der Waals surface area contributed by atoms with Gasteiger partial charge in [0.25, 0.3) is 0 Å². The van der Waals surface area contributed by atoms with Crippen molar-refractivity contribution in [3.05, 3.63) is 53.1 Å². The predicted octanol–water partition coefficient (Wildman–Crippen LogP) is 2.59. The summed E-state index contributed by atoms with van der Waals surface area (Å²) in [5, 5.41) is 0. The molecule has 3 rings (SSSR count). The van der Waals surface area contributed by atoms with E-state index < -0.39 is 10.0 Å². The molecule has 0 spiro atoms. The lowest BCUT2D eigenvalue weighted by Gasteiger charge is -2.27. The first-order valence-corrected chi connectivity index (χ1v) is 9.27. The summed E-state index contributed by atoms with van der Waals surface area (Å²) in [5.41, 5.74) is 2.71. The summed E-state index contributed by atoms with van der Waals surface area (Å²) in [5.74, 6) is 1.37. The molecule has 5 nitrogen and oxygen atoms in total. The van der Waals surface area contributed by atoms with Crippen LogP contribution in [0.2, 0.25) is 0 Å². The highest BCUT2D eigenvalue weighted by molar-refractivity contribution is 7.89. The van der Waals surface area contributed by atoms with Crippen LogP contribution < -0.4 is 14.2 Å². The standard InChI is InChI=1S/C18H21NO4S/c1-12-7-8-17(13(2)9-12)24(20,21)19-15-10-14-5-4-6-16(22-3)18(14)23-11-15/h4-9,15,19H,10-11H2,1-3H3. The van der Waals surface area contributed by atoms with Gasteiger partial charge in [0.05, 0.1) is 18.0 Å². The molecule has 0 bridgehead atoms. The summed E-state index contributed by atoms with van der Waals surface area (Å²) in [6.07, 6.45) is 0.566. The average Bonchev–Trinajstić information content (AvgIpc) is 2.53. The molecule has 1 atom stereocenters. The fraction of sp³-hybridized carbons (Fsp3) is 0.333. The summed E-state index contributed by atoms with van der Waals surface area (Å²) < 4.78 is 39.1. The summed E-state index contributed by atoms with van der Waals surface area (Å²) in [4.78, 5) is 0.310. The number of hydrogen-bond donors (Lipinski definition) is 1. The third-order valence-corrected chi connectivity index (χ3v) is 5.80. The van der Waals surface area contributed by atoms with E-state index in [-0.39, 0.29) is 12.6 Å². The molecular weight excluding hydrogens is 326 g/mol. The van der Waals surface area contributed by atoms with Gasteiger partial charge in [0.2, 0.25) is 10.0 Å². The SMILES string of the molecule is COc1cccc2c1OCC(NS(=O)(=O)c1ccc(C)cc1C)C2. The number of methoxy groups -OCH3 is 1. The van der Waals surface area contributed by atoms with E-state index >= 15 is 0 Å². The van der Waals surface area contributed by atoms with Crippen LogP contribution in [0.15, 0.2) is 41.3 Å². The first kappa shape index (κ1) is 16.8. The molecule has 1 aliphatic heterocycles. The van der Waals surface area contributed by atoms with Crippen LogP contribution in [0.5, 0.6) is 11.5 Å². The normalized spacial score (nSPS) is 17.0. The zero-order chi connectivity index (χ0) is 17.3. The van der Waals surface area contributed by atoms with Crippen molar-refractivity contribution in [2.45, 2.75) is 31.2 Å². The van der Waals surface area contributed by atoms with Gasteiger partial charge in [-0.2, -0.15) is 0 Å². The lowest BCUT2D eigenvalue weighted by molar-refractivity contribution is 0.240. The number of benzene rings is 2. The van der Waals surface area contributed by atoms with Crippen molar-refractivity contribution >= 4 is 10.0 Å². The zero-order valence-electron chi connectivity index (χ0n) is 14.0. The van der Waals surface area contributed by atoms with Crippen LogP contribution in [0.4, 0.5) is 0 Å². The highest BCUT2D eigenvalue weighted by Crippen LogP contribution is 2.34. The van der Waals surface area contributed by atoms with Crippen molar-refractivity contribution in [3.63, 3.8) is 0 Å². The Hall–Kier alpha value is -2.05. The molecule has 0 radical (unpaired) electrons. The Morgan fingerprint density at radius 2 is 2.00 bits per heavy atom. The van der Waals surface area contributed by atoms with Crippen molar-refractivity contribution in [1.29, 1.82) is 0 Å². The monoisotopic (exact) mass is 347 g/mol. The predicted molar refractivity (Wildman–Crippen MR) is 92.2 cm³/mol. The van der Waals surface area contributed by atoms with Crippen LogP contribution in [0.25, 0.3) is 0 Å². The largest absolute Gasteiger partial charge is 0.493 e. The molecule has 2 aromatic carbocycles. The van der Waals surface area contributed by atoms with Gasteiger partial charge in [-0.05, 0) is 43.5 Å². The average molecular weight is 347 g/mol. The van der Waals surface area contributed by atoms with E-state index in [4.69, 9.17) is 9.47 Å². The highest BCUT2D eigenvalue weighted by atomic mass is 32.2. The first-order chi connectivity index (χ1) is 11.4. The van der Waals surface area contributed by atoms with E-state index in [0.29, 0.717) is 22.8 Å². The van der Waals surface area contributed by atoms with Crippen LogP contribution in [0.3, 0.4) is 0 Å². The lowest BCUT2D eigenvalue weighted by Crippen LogP contribution is -2.42. The highest BCUT2D eigenvalue weighted by Gasteiger charge is 2.27. The van der Waals surface area contributed by atoms with E-state index in [1.165, 1.54) is 0 Å². The second-order valence-electron chi connectivity index (χ2n) is 6.05. The molecule has 1 N–H and O–H groups in total. The fourth-order valence-electron chi connectivity index (χ4n) is 3.01. The molecule has 0 aromatic heterocycles. The number of hydrogen-bond acceptors (Lipinski definition) is 4. The molecule has 0 aliphatic carbocycles. The van der Waals surface area contributed by atoms with E-state index in [9.17, 15) is 8.42 Å². The van der Waals surface area contributed by atoms with Gasteiger partial charge in [-0.15, -0.1) is 0 Å². The van der Waals surface area contributed by atoms with E-state index in [0.717, 1.165) is 16.7 Å². The first-order valence-electron chi connectivity index (χ1n) is 7.79. The second kappa shape index (κ2) is 6.45. The number of rotatable bonds is 4. The Bertz CT molecular complexity index is 861. The van der Waals surface area contributed by atoms with Crippen molar-refractivity contribution in [2.24, 2.45) is 0 Å². The Kier molecular flexibility index (Phi) is 4.51. The van der Waals surface area contributed by atoms with Crippen LogP contribution in [-0.4, -0.2) is 28.2 Å². The Morgan fingerprint density at radius 1 is 1.21 bits per heavy atom. The van der Waals surface area contributed by atoms with Gasteiger partial charge in [-0.1, -0.05) is 29.8 Å². The number of nitrogens with one attached hydrogen (secondary N) is 1. The van der Waals surface area contributed by atoms with Gasteiger partial charge < -0.3 is 9.47 Å². The molecular formula is C18H21NO4S. The number of sulfonamides is 1. The molecule has 1 heterocycles. The molecule has 6 heteroatoms. The Morgan fingerprint density at radius 3 is 2.71 bits per heavy atom. The smallest absolute Gasteiger partial charge is 0.241 e. The van der Waals surface area contributed by atoms with Gasteiger partial charge in [0.15, 0.2) is 11.5 Å². The lowest BCUT2D eigenvalue weighted by atomic mass is 10.0. The maximum absolute atomic E-state index is 12.7. The molecule has 0 fully saturated rings. The summed E-state index contributed by atoms with van der Waals surface area (Å²) in [6, 6.07) is 10.6. The third-order valence-electron chi connectivity index (χ3n) is 4.12. The van der Waals surface area contributed by atoms with Crippen LogP contribution in [0.1, 0.15) is 16.7 Å². The molecule has 1 unspecified atom stereocenters. The van der Waals surface area contributed by atoms with Crippen LogP contribution in [-0.2, 0) is 16.4 Å². The van der Waals surface area contributed by atoms with E-state index in [1.807, 2.05) is 31.2 Å². The summed E-state index contributed by atoms with van der Waals surface area (Å²) >= 11 is 0. The van der Waals surface area contributed by atoms with Crippen molar-refractivity contribution in [2.75, 3.05) is 13.7 Å². The van der Waals surface area contributed by atoms with Crippen molar-refractivity contribution in [1.82, 2.24) is 4.72 Å². The van der Waals surface area contributed by atoms with Crippen molar-refractivity contribution in [3.8, 4) is 11.5 Å². The molecule has 1 aliphatic rings. The van der Waals surface area contributed by atoms with E-state index in [1.54, 1.807) is 26.2 Å². The summed E-state index contributed by atoms with van der Waals surface area (Å²) in [6.45, 7) is 4.02. The number of aryl methyl sites for hydroxylation is 2. The molecule has 24 heavy (non-hydrogen) atoms. The Balaban J connectivity index is 1.81. The van der Waals surface area contributed by atoms with Gasteiger partial charge in [-0.3, -0.25) is 0 Å². The third kappa shape index (κ3) is 3.25. The number of para-hydroxylation sites is 1. The molecule has 0 amide bonds. The zero-order valence-corrected chi connectivity index (χ0v) is 14.8. The molecule has 0 saturated carbocycles. The topological polar surface area (TPSA) is 64.6 Å². The van der Waals surface area contributed by atoms with Gasteiger partial charge in [0, 0.05) is 0 Å². The minimum absolute atomic E-state index is 0.275. The minimum atomic E-state index is -3.59.